The molecule has 0 spiro atoms. The first-order valence-electron chi connectivity index (χ1n) is 10.7. The fourth-order valence-corrected chi connectivity index (χ4v) is 5.01. The fourth-order valence-electron chi connectivity index (χ4n) is 3.80. The van der Waals surface area contributed by atoms with E-state index in [-0.39, 0.29) is 23.5 Å². The number of rotatable bonds is 9. The minimum absolute atomic E-state index is 0.0798. The van der Waals surface area contributed by atoms with Gasteiger partial charge in [0.05, 0.1) is 31.5 Å². The molecule has 11 nitrogen and oxygen atoms in total. The van der Waals surface area contributed by atoms with Crippen molar-refractivity contribution in [3.05, 3.63) is 52.6 Å². The van der Waals surface area contributed by atoms with Crippen LogP contribution in [-0.2, 0) is 19.6 Å². The van der Waals surface area contributed by atoms with Crippen LogP contribution in [0.25, 0.3) is 0 Å². The number of anilines is 3. The number of nitrogens with one attached hydrogen (secondary N) is 1. The van der Waals surface area contributed by atoms with Gasteiger partial charge < -0.3 is 19.7 Å². The largest absolute Gasteiger partial charge is 0.495 e. The minimum atomic E-state index is -4.01. The van der Waals surface area contributed by atoms with E-state index in [1.807, 2.05) is 12.1 Å². The zero-order valence-electron chi connectivity index (χ0n) is 19.3. The number of benzene rings is 2. The number of sulfonamides is 1. The molecule has 2 aromatic carbocycles. The molecule has 0 radical (unpaired) electrons. The van der Waals surface area contributed by atoms with Gasteiger partial charge in [-0.3, -0.25) is 19.2 Å². The quantitative estimate of drug-likeness (QED) is 0.417. The number of nitro benzene ring substituents is 1. The van der Waals surface area contributed by atoms with Crippen molar-refractivity contribution in [2.75, 3.05) is 54.2 Å². The Morgan fingerprint density at radius 3 is 2.41 bits per heavy atom. The standard InChI is InChI=1S/C22H28N4O7S/c1-4-19(22(27)23-16-5-7-17(8-6-16)24-11-13-33-14-12-24)25(34(3,30)31)20-15-18(26(28)29)9-10-21(20)32-2/h5-10,15,19H,4,11-14H2,1-3H3,(H,23,27). The molecule has 0 saturated carbocycles. The average molecular weight is 493 g/mol. The molecule has 0 aliphatic carbocycles. The molecule has 2 aromatic rings. The first-order valence-corrected chi connectivity index (χ1v) is 12.6. The van der Waals surface area contributed by atoms with Crippen LogP contribution in [-0.4, -0.2) is 65.0 Å². The number of ether oxygens (including phenoxy) is 2. The maximum Gasteiger partial charge on any atom is 0.271 e. The lowest BCUT2D eigenvalue weighted by Crippen LogP contribution is -2.47. The summed E-state index contributed by atoms with van der Waals surface area (Å²) in [4.78, 5) is 26.0. The first-order chi connectivity index (χ1) is 16.2. The van der Waals surface area contributed by atoms with Crippen LogP contribution in [0.15, 0.2) is 42.5 Å². The number of non-ortho nitro benzene ring substituents is 1. The molecule has 3 rings (SSSR count). The van der Waals surface area contributed by atoms with E-state index in [4.69, 9.17) is 9.47 Å². The van der Waals surface area contributed by atoms with Crippen LogP contribution in [0.4, 0.5) is 22.7 Å². The molecule has 1 fully saturated rings. The van der Waals surface area contributed by atoms with E-state index in [0.717, 1.165) is 35.4 Å². The van der Waals surface area contributed by atoms with Gasteiger partial charge in [-0.1, -0.05) is 6.92 Å². The highest BCUT2D eigenvalue weighted by molar-refractivity contribution is 7.92. The van der Waals surface area contributed by atoms with Crippen LogP contribution in [0.2, 0.25) is 0 Å². The number of morpholine rings is 1. The number of carbonyl (C=O) groups is 1. The highest BCUT2D eigenvalue weighted by atomic mass is 32.2. The predicted molar refractivity (Wildman–Crippen MR) is 129 cm³/mol. The van der Waals surface area contributed by atoms with Crippen molar-refractivity contribution in [3.63, 3.8) is 0 Å². The molecule has 1 unspecified atom stereocenters. The molecule has 0 aromatic heterocycles. The molecule has 1 aliphatic heterocycles. The molecule has 184 valence electrons. The van der Waals surface area contributed by atoms with E-state index >= 15 is 0 Å². The summed E-state index contributed by atoms with van der Waals surface area (Å²) >= 11 is 0. The Labute approximate surface area is 198 Å². The Kier molecular flexibility index (Phi) is 7.94. The Balaban J connectivity index is 1.89. The molecular formula is C22H28N4O7S. The third-order valence-corrected chi connectivity index (χ3v) is 6.62. The fraction of sp³-hybridized carbons (Fsp3) is 0.409. The Morgan fingerprint density at radius 2 is 1.88 bits per heavy atom. The van der Waals surface area contributed by atoms with Crippen molar-refractivity contribution in [1.29, 1.82) is 0 Å². The summed E-state index contributed by atoms with van der Waals surface area (Å²) in [7, 11) is -2.69. The Bertz CT molecular complexity index is 1130. The van der Waals surface area contributed by atoms with Gasteiger partial charge in [-0.2, -0.15) is 0 Å². The maximum atomic E-state index is 13.2. The maximum absolute atomic E-state index is 13.2. The van der Waals surface area contributed by atoms with Crippen molar-refractivity contribution in [2.45, 2.75) is 19.4 Å². The van der Waals surface area contributed by atoms with E-state index in [1.54, 1.807) is 19.1 Å². The lowest BCUT2D eigenvalue weighted by atomic mass is 10.1. The third-order valence-electron chi connectivity index (χ3n) is 5.45. The smallest absolute Gasteiger partial charge is 0.271 e. The summed E-state index contributed by atoms with van der Waals surface area (Å²) < 4.78 is 37.0. The van der Waals surface area contributed by atoms with Crippen LogP contribution in [0.3, 0.4) is 0 Å². The number of carbonyl (C=O) groups excluding carboxylic acids is 1. The van der Waals surface area contributed by atoms with Gasteiger partial charge in [0.1, 0.15) is 17.5 Å². The number of nitro groups is 1. The molecule has 1 aliphatic rings. The molecule has 1 amide bonds. The number of hydrogen-bond donors (Lipinski definition) is 1. The highest BCUT2D eigenvalue weighted by Gasteiger charge is 2.34. The molecule has 0 bridgehead atoms. The number of methoxy groups -OCH3 is 1. The van der Waals surface area contributed by atoms with Gasteiger partial charge in [-0.05, 0) is 36.8 Å². The Hall–Kier alpha value is -3.38. The van der Waals surface area contributed by atoms with Gasteiger partial charge in [-0.25, -0.2) is 8.42 Å². The minimum Gasteiger partial charge on any atom is -0.495 e. The van der Waals surface area contributed by atoms with E-state index in [0.29, 0.717) is 18.9 Å². The van der Waals surface area contributed by atoms with Crippen LogP contribution in [0.1, 0.15) is 13.3 Å². The summed E-state index contributed by atoms with van der Waals surface area (Å²) in [5.74, 6) is -0.474. The highest BCUT2D eigenvalue weighted by Crippen LogP contribution is 2.36. The molecule has 1 N–H and O–H groups in total. The molecular weight excluding hydrogens is 464 g/mol. The molecule has 1 heterocycles. The lowest BCUT2D eigenvalue weighted by molar-refractivity contribution is -0.384. The van der Waals surface area contributed by atoms with Crippen molar-refractivity contribution in [2.24, 2.45) is 0 Å². The van der Waals surface area contributed by atoms with Gasteiger partial charge in [0.15, 0.2) is 0 Å². The predicted octanol–water partition coefficient (Wildman–Crippen LogP) is 2.62. The van der Waals surface area contributed by atoms with Gasteiger partial charge >= 0.3 is 0 Å². The van der Waals surface area contributed by atoms with Crippen LogP contribution in [0, 0.1) is 10.1 Å². The second kappa shape index (κ2) is 10.7. The SMILES string of the molecule is CCC(C(=O)Nc1ccc(N2CCOCC2)cc1)N(c1cc([N+](=O)[O-])ccc1OC)S(C)(=O)=O. The second-order valence-electron chi connectivity index (χ2n) is 7.73. The monoisotopic (exact) mass is 492 g/mol. The summed E-state index contributed by atoms with van der Waals surface area (Å²) in [6.07, 6.45) is 1.06. The van der Waals surface area contributed by atoms with Crippen LogP contribution < -0.4 is 19.3 Å². The number of amides is 1. The zero-order chi connectivity index (χ0) is 24.9. The topological polar surface area (TPSA) is 131 Å². The molecule has 12 heteroatoms. The van der Waals surface area contributed by atoms with E-state index in [9.17, 15) is 23.3 Å². The van der Waals surface area contributed by atoms with E-state index < -0.39 is 26.9 Å². The first kappa shape index (κ1) is 25.2. The van der Waals surface area contributed by atoms with Crippen molar-refractivity contribution in [1.82, 2.24) is 0 Å². The normalized spacial score (nSPS) is 14.9. The van der Waals surface area contributed by atoms with Gasteiger partial charge in [0.2, 0.25) is 15.9 Å². The van der Waals surface area contributed by atoms with Gasteiger partial charge in [-0.15, -0.1) is 0 Å². The van der Waals surface area contributed by atoms with Gasteiger partial charge in [0, 0.05) is 36.6 Å². The average Bonchev–Trinajstić information content (AvgIpc) is 2.82. The van der Waals surface area contributed by atoms with Crippen molar-refractivity contribution >= 4 is 38.7 Å². The van der Waals surface area contributed by atoms with E-state index in [2.05, 4.69) is 10.2 Å². The molecule has 34 heavy (non-hydrogen) atoms. The van der Waals surface area contributed by atoms with Crippen LogP contribution in [0.5, 0.6) is 5.75 Å². The summed E-state index contributed by atoms with van der Waals surface area (Å²) in [6, 6.07) is 9.68. The second-order valence-corrected chi connectivity index (χ2v) is 9.59. The number of nitrogens with zero attached hydrogens (tertiary/aromatic N) is 3. The number of hydrogen-bond acceptors (Lipinski definition) is 8. The van der Waals surface area contributed by atoms with E-state index in [1.165, 1.54) is 19.2 Å². The summed E-state index contributed by atoms with van der Waals surface area (Å²) in [5.41, 5.74) is 1.09. The van der Waals surface area contributed by atoms with Crippen molar-refractivity contribution < 1.29 is 27.6 Å². The lowest BCUT2D eigenvalue weighted by Gasteiger charge is -2.31. The molecule has 1 saturated heterocycles. The van der Waals surface area contributed by atoms with Crippen LogP contribution >= 0.6 is 0 Å². The zero-order valence-corrected chi connectivity index (χ0v) is 20.1. The summed E-state index contributed by atoms with van der Waals surface area (Å²) in [6.45, 7) is 4.52. The summed E-state index contributed by atoms with van der Waals surface area (Å²) in [5, 5.41) is 14.0. The third kappa shape index (κ3) is 5.75. The van der Waals surface area contributed by atoms with Crippen molar-refractivity contribution in [3.8, 4) is 5.75 Å². The van der Waals surface area contributed by atoms with Gasteiger partial charge in [0.25, 0.3) is 5.69 Å². The Morgan fingerprint density at radius 1 is 1.24 bits per heavy atom. The molecule has 1 atom stereocenters.